The van der Waals surface area contributed by atoms with Gasteiger partial charge in [-0.15, -0.1) is 0 Å². The minimum atomic E-state index is -0.00560. The van der Waals surface area contributed by atoms with E-state index in [2.05, 4.69) is 19.6 Å². The third kappa shape index (κ3) is 2.83. The number of carbonyl (C=O) groups excluding carboxylic acids is 1. The molecule has 1 saturated heterocycles. The van der Waals surface area contributed by atoms with E-state index >= 15 is 0 Å². The van der Waals surface area contributed by atoms with Gasteiger partial charge < -0.3 is 15.0 Å². The van der Waals surface area contributed by atoms with Crippen molar-refractivity contribution >= 4 is 49.1 Å². The van der Waals surface area contributed by atoms with Crippen molar-refractivity contribution in [3.05, 3.63) is 30.0 Å². The second kappa shape index (κ2) is 6.03. The first kappa shape index (κ1) is 15.3. The van der Waals surface area contributed by atoms with E-state index in [0.717, 1.165) is 31.8 Å². The number of hydrogen-bond acceptors (Lipinski definition) is 7. The van der Waals surface area contributed by atoms with Crippen molar-refractivity contribution < 1.29 is 9.53 Å². The molecule has 0 atom stereocenters. The van der Waals surface area contributed by atoms with Crippen molar-refractivity contribution in [1.82, 2.24) is 9.36 Å². The Kier molecular flexibility index (Phi) is 3.85. The molecule has 8 heteroatoms. The van der Waals surface area contributed by atoms with E-state index in [9.17, 15) is 4.79 Å². The van der Waals surface area contributed by atoms with Gasteiger partial charge in [-0.25, -0.2) is 4.98 Å². The Balaban J connectivity index is 1.40. The van der Waals surface area contributed by atoms with Gasteiger partial charge in [-0.2, -0.15) is 4.37 Å². The lowest BCUT2D eigenvalue weighted by atomic mass is 10.0. The summed E-state index contributed by atoms with van der Waals surface area (Å²) < 4.78 is 10.5. The van der Waals surface area contributed by atoms with E-state index in [1.54, 1.807) is 18.4 Å². The zero-order valence-electron chi connectivity index (χ0n) is 13.3. The molecule has 1 amide bonds. The number of nitrogens with one attached hydrogen (secondary N) is 1. The van der Waals surface area contributed by atoms with Crippen molar-refractivity contribution in [3.8, 4) is 5.75 Å². The fourth-order valence-electron chi connectivity index (χ4n) is 2.60. The van der Waals surface area contributed by atoms with Gasteiger partial charge in [0.15, 0.2) is 5.13 Å². The summed E-state index contributed by atoms with van der Waals surface area (Å²) in [6.45, 7) is 3.31. The van der Waals surface area contributed by atoms with E-state index in [4.69, 9.17) is 4.74 Å². The lowest BCUT2D eigenvalue weighted by Gasteiger charge is -2.37. The molecule has 3 heterocycles. The molecule has 0 aliphatic carbocycles. The Morgan fingerprint density at radius 1 is 1.38 bits per heavy atom. The molecule has 2 aromatic heterocycles. The molecule has 6 nitrogen and oxygen atoms in total. The van der Waals surface area contributed by atoms with Crippen LogP contribution < -0.4 is 15.0 Å². The lowest BCUT2D eigenvalue weighted by molar-refractivity contribution is -0.120. The molecule has 0 bridgehead atoms. The summed E-state index contributed by atoms with van der Waals surface area (Å²) in [5.41, 5.74) is 1.89. The molecular formula is C16H16N4O2S2. The molecule has 24 heavy (non-hydrogen) atoms. The van der Waals surface area contributed by atoms with E-state index < -0.39 is 0 Å². The van der Waals surface area contributed by atoms with Gasteiger partial charge in [0, 0.05) is 13.1 Å². The average Bonchev–Trinajstić information content (AvgIpc) is 3.10. The molecule has 1 aliphatic heterocycles. The summed E-state index contributed by atoms with van der Waals surface area (Å²) in [6.07, 6.45) is 0. The van der Waals surface area contributed by atoms with Crippen molar-refractivity contribution in [2.45, 2.75) is 6.92 Å². The first-order valence-electron chi connectivity index (χ1n) is 7.56. The van der Waals surface area contributed by atoms with Gasteiger partial charge in [-0.1, -0.05) is 11.3 Å². The Morgan fingerprint density at radius 2 is 2.21 bits per heavy atom. The van der Waals surface area contributed by atoms with Crippen LogP contribution in [0.15, 0.2) is 24.3 Å². The Bertz CT molecular complexity index is 899. The van der Waals surface area contributed by atoms with Crippen molar-refractivity contribution in [3.63, 3.8) is 0 Å². The second-order valence-corrected chi connectivity index (χ2v) is 7.57. The number of benzene rings is 1. The number of methoxy groups -OCH3 is 1. The summed E-state index contributed by atoms with van der Waals surface area (Å²) in [5, 5.41) is 4.70. The van der Waals surface area contributed by atoms with Crippen LogP contribution >= 0.6 is 22.9 Å². The molecule has 1 fully saturated rings. The first-order valence-corrected chi connectivity index (χ1v) is 9.15. The summed E-state index contributed by atoms with van der Waals surface area (Å²) >= 11 is 2.94. The highest BCUT2D eigenvalue weighted by atomic mass is 32.1. The van der Waals surface area contributed by atoms with Crippen LogP contribution in [0, 0.1) is 12.8 Å². The predicted octanol–water partition coefficient (Wildman–Crippen LogP) is 3.14. The van der Waals surface area contributed by atoms with E-state index in [0.29, 0.717) is 13.1 Å². The number of hydrogen-bond donors (Lipinski definition) is 1. The van der Waals surface area contributed by atoms with Gasteiger partial charge in [0.25, 0.3) is 0 Å². The van der Waals surface area contributed by atoms with Crippen LogP contribution in [0.3, 0.4) is 0 Å². The maximum Gasteiger partial charge on any atom is 0.231 e. The largest absolute Gasteiger partial charge is 0.497 e. The van der Waals surface area contributed by atoms with Crippen LogP contribution in [0.5, 0.6) is 5.75 Å². The summed E-state index contributed by atoms with van der Waals surface area (Å²) in [5.74, 6) is 0.880. The highest BCUT2D eigenvalue weighted by molar-refractivity contribution is 7.22. The van der Waals surface area contributed by atoms with Gasteiger partial charge in [-0.3, -0.25) is 4.79 Å². The zero-order valence-corrected chi connectivity index (χ0v) is 14.9. The summed E-state index contributed by atoms with van der Waals surface area (Å²) in [6, 6.07) is 7.76. The Morgan fingerprint density at radius 3 is 2.92 bits per heavy atom. The molecule has 1 N–H and O–H groups in total. The molecular weight excluding hydrogens is 344 g/mol. The molecule has 1 aliphatic rings. The topological polar surface area (TPSA) is 67.3 Å². The number of nitrogens with zero attached hydrogens (tertiary/aromatic N) is 3. The maximum atomic E-state index is 12.2. The van der Waals surface area contributed by atoms with Gasteiger partial charge in [0.2, 0.25) is 5.91 Å². The third-order valence-corrected chi connectivity index (χ3v) is 5.86. The van der Waals surface area contributed by atoms with Crippen LogP contribution in [-0.4, -0.2) is 35.5 Å². The first-order chi connectivity index (χ1) is 11.6. The van der Waals surface area contributed by atoms with Crippen LogP contribution in [0.4, 0.5) is 10.1 Å². The van der Waals surface area contributed by atoms with E-state index in [1.165, 1.54) is 11.5 Å². The van der Waals surface area contributed by atoms with Gasteiger partial charge in [0.1, 0.15) is 10.8 Å². The number of aryl methyl sites for hydroxylation is 1. The Hall–Kier alpha value is -2.19. The second-order valence-electron chi connectivity index (χ2n) is 5.75. The number of carbonyl (C=O) groups is 1. The van der Waals surface area contributed by atoms with E-state index in [1.807, 2.05) is 31.2 Å². The summed E-state index contributed by atoms with van der Waals surface area (Å²) in [7, 11) is 1.66. The van der Waals surface area contributed by atoms with Crippen molar-refractivity contribution in [2.24, 2.45) is 5.92 Å². The van der Waals surface area contributed by atoms with Crippen LogP contribution in [0.1, 0.15) is 5.69 Å². The number of amides is 1. The smallest absolute Gasteiger partial charge is 0.231 e. The molecule has 0 saturated carbocycles. The number of fused-ring (bicyclic) bond motifs is 1. The molecule has 0 spiro atoms. The van der Waals surface area contributed by atoms with Crippen LogP contribution in [0.2, 0.25) is 0 Å². The Labute approximate surface area is 147 Å². The molecule has 0 radical (unpaired) electrons. The quantitative estimate of drug-likeness (QED) is 0.774. The fraction of sp³-hybridized carbons (Fsp3) is 0.312. The minimum absolute atomic E-state index is 0.00560. The lowest BCUT2D eigenvalue weighted by Crippen LogP contribution is -2.52. The molecule has 0 unspecified atom stereocenters. The molecule has 1 aromatic carbocycles. The number of aromatic nitrogens is 2. The SMILES string of the molecule is COc1ccc2nc(N3CC(C(=O)Nc4cc(C)ns4)C3)sc2c1. The third-order valence-electron chi connectivity index (χ3n) is 3.98. The number of thiazole rings is 1. The minimum Gasteiger partial charge on any atom is -0.497 e. The highest BCUT2D eigenvalue weighted by Crippen LogP contribution is 2.34. The van der Waals surface area contributed by atoms with Crippen LogP contribution in [-0.2, 0) is 4.79 Å². The zero-order chi connectivity index (χ0) is 16.7. The summed E-state index contributed by atoms with van der Waals surface area (Å²) in [4.78, 5) is 19.0. The molecule has 4 rings (SSSR count). The molecule has 3 aromatic rings. The molecule has 124 valence electrons. The fourth-order valence-corrected chi connectivity index (χ4v) is 4.28. The standard InChI is InChI=1S/C16H16N4O2S2/c1-9-5-14(24-19-9)18-15(21)10-7-20(8-10)16-17-12-4-3-11(22-2)6-13(12)23-16/h3-6,10H,7-8H2,1-2H3,(H,18,21). The van der Waals surface area contributed by atoms with Crippen LogP contribution in [0.25, 0.3) is 10.2 Å². The van der Waals surface area contributed by atoms with Crippen molar-refractivity contribution in [2.75, 3.05) is 30.4 Å². The average molecular weight is 360 g/mol. The predicted molar refractivity (Wildman–Crippen MR) is 97.4 cm³/mol. The maximum absolute atomic E-state index is 12.2. The number of anilines is 2. The van der Waals surface area contributed by atoms with E-state index in [-0.39, 0.29) is 11.8 Å². The monoisotopic (exact) mass is 360 g/mol. The van der Waals surface area contributed by atoms with Gasteiger partial charge in [0.05, 0.1) is 28.9 Å². The van der Waals surface area contributed by atoms with Gasteiger partial charge >= 0.3 is 0 Å². The number of rotatable bonds is 4. The highest BCUT2D eigenvalue weighted by Gasteiger charge is 2.34. The number of ether oxygens (including phenoxy) is 1. The normalized spacial score (nSPS) is 14.7. The van der Waals surface area contributed by atoms with Gasteiger partial charge in [-0.05, 0) is 42.7 Å². The van der Waals surface area contributed by atoms with Crippen molar-refractivity contribution in [1.29, 1.82) is 0 Å².